The van der Waals surface area contributed by atoms with Crippen LogP contribution in [0.5, 0.6) is 5.75 Å². The zero-order valence-electron chi connectivity index (χ0n) is 17.5. The molecule has 158 valence electrons. The van der Waals surface area contributed by atoms with E-state index >= 15 is 0 Å². The van der Waals surface area contributed by atoms with Crippen molar-refractivity contribution in [2.45, 2.75) is 20.0 Å². The number of carbonyl (C=O) groups excluding carboxylic acids is 1. The molecule has 0 saturated heterocycles. The van der Waals surface area contributed by atoms with Crippen LogP contribution in [0.1, 0.15) is 18.1 Å². The summed E-state index contributed by atoms with van der Waals surface area (Å²) in [5.41, 5.74) is 6.58. The van der Waals surface area contributed by atoms with E-state index in [0.717, 1.165) is 27.7 Å². The van der Waals surface area contributed by atoms with E-state index in [9.17, 15) is 4.79 Å². The Morgan fingerprint density at radius 1 is 1.00 bits per heavy atom. The van der Waals surface area contributed by atoms with Gasteiger partial charge >= 0.3 is 5.97 Å². The van der Waals surface area contributed by atoms with Crippen LogP contribution >= 0.6 is 0 Å². The molecule has 3 aromatic carbocycles. The smallest absolute Gasteiger partial charge is 0.333 e. The molecule has 0 N–H and O–H groups in total. The molecule has 1 aromatic heterocycles. The molecule has 1 aliphatic rings. The van der Waals surface area contributed by atoms with Crippen molar-refractivity contribution < 1.29 is 14.3 Å². The molecule has 0 atom stereocenters. The minimum Gasteiger partial charge on any atom is -0.491 e. The van der Waals surface area contributed by atoms with Crippen LogP contribution in [0.15, 0.2) is 77.0 Å². The standard InChI is InChI=1S/C25H20N4O3/c1-15(2)25(30)32-14-16-9-10-18-22(13-16)31-12-11-17-5-3-6-19-23(17)27-24-20(26-19)7-4-8-21(24)29-28-18/h3-10,13H,1,11-12,14H2,2H3. The van der Waals surface area contributed by atoms with Gasteiger partial charge in [-0.15, -0.1) is 10.2 Å². The molecule has 2 bridgehead atoms. The van der Waals surface area contributed by atoms with Gasteiger partial charge in [-0.25, -0.2) is 14.8 Å². The van der Waals surface area contributed by atoms with E-state index in [0.29, 0.717) is 41.2 Å². The Bertz CT molecular complexity index is 1410. The molecular weight excluding hydrogens is 404 g/mol. The highest BCUT2D eigenvalue weighted by Crippen LogP contribution is 2.33. The first-order chi connectivity index (χ1) is 15.6. The lowest BCUT2D eigenvalue weighted by atomic mass is 10.1. The van der Waals surface area contributed by atoms with E-state index in [1.807, 2.05) is 48.5 Å². The fourth-order valence-electron chi connectivity index (χ4n) is 3.54. The second-order valence-electron chi connectivity index (χ2n) is 7.61. The predicted octanol–water partition coefficient (Wildman–Crippen LogP) is 5.75. The van der Waals surface area contributed by atoms with Crippen LogP contribution in [0.25, 0.3) is 22.1 Å². The van der Waals surface area contributed by atoms with Crippen molar-refractivity contribution in [3.8, 4) is 5.75 Å². The monoisotopic (exact) mass is 424 g/mol. The van der Waals surface area contributed by atoms with Crippen molar-refractivity contribution in [3.63, 3.8) is 0 Å². The summed E-state index contributed by atoms with van der Waals surface area (Å²) >= 11 is 0. The number of para-hydroxylation sites is 2. The summed E-state index contributed by atoms with van der Waals surface area (Å²) in [5, 5.41) is 8.87. The first-order valence-electron chi connectivity index (χ1n) is 10.3. The van der Waals surface area contributed by atoms with Crippen LogP contribution in [0.4, 0.5) is 11.4 Å². The summed E-state index contributed by atoms with van der Waals surface area (Å²) in [5.74, 6) is 0.147. The van der Waals surface area contributed by atoms with Gasteiger partial charge in [-0.2, -0.15) is 0 Å². The normalized spacial score (nSPS) is 12.8. The van der Waals surface area contributed by atoms with Crippen LogP contribution in [0.3, 0.4) is 0 Å². The first-order valence-corrected chi connectivity index (χ1v) is 10.3. The van der Waals surface area contributed by atoms with Gasteiger partial charge in [-0.3, -0.25) is 0 Å². The predicted molar refractivity (Wildman–Crippen MR) is 121 cm³/mol. The van der Waals surface area contributed by atoms with Crippen molar-refractivity contribution in [1.29, 1.82) is 0 Å². The van der Waals surface area contributed by atoms with E-state index in [2.05, 4.69) is 16.8 Å². The second-order valence-corrected chi connectivity index (χ2v) is 7.61. The van der Waals surface area contributed by atoms with Gasteiger partial charge in [0.05, 0.1) is 23.2 Å². The molecule has 4 aromatic rings. The molecule has 0 spiro atoms. The van der Waals surface area contributed by atoms with Crippen molar-refractivity contribution in [2.24, 2.45) is 10.2 Å². The topological polar surface area (TPSA) is 86.0 Å². The number of azo groups is 1. The van der Waals surface area contributed by atoms with Gasteiger partial charge in [0.25, 0.3) is 0 Å². The molecule has 2 heterocycles. The second kappa shape index (κ2) is 8.19. The molecule has 1 aliphatic heterocycles. The Labute approximate surface area is 184 Å². The fourth-order valence-corrected chi connectivity index (χ4v) is 3.54. The Kier molecular flexibility index (Phi) is 5.07. The number of benzene rings is 3. The molecule has 0 fully saturated rings. The van der Waals surface area contributed by atoms with E-state index in [1.54, 1.807) is 13.0 Å². The highest BCUT2D eigenvalue weighted by Gasteiger charge is 2.13. The Morgan fingerprint density at radius 2 is 1.78 bits per heavy atom. The van der Waals surface area contributed by atoms with Gasteiger partial charge in [-0.1, -0.05) is 30.8 Å². The van der Waals surface area contributed by atoms with E-state index in [1.165, 1.54) is 0 Å². The molecule has 0 aliphatic carbocycles. The van der Waals surface area contributed by atoms with Crippen molar-refractivity contribution in [2.75, 3.05) is 6.61 Å². The van der Waals surface area contributed by atoms with Gasteiger partial charge in [0, 0.05) is 12.0 Å². The molecule has 7 heteroatoms. The number of fused-ring (bicyclic) bond motifs is 1. The SMILES string of the molecule is C=C(C)C(=O)OCc1ccc2c(c1)OCCc1cccc3nc4cccc(c4nc13)N=N2. The average molecular weight is 424 g/mol. The van der Waals surface area contributed by atoms with Crippen molar-refractivity contribution in [1.82, 2.24) is 9.97 Å². The summed E-state index contributed by atoms with van der Waals surface area (Å²) < 4.78 is 11.3. The minimum atomic E-state index is -0.429. The third-order valence-electron chi connectivity index (χ3n) is 5.19. The lowest BCUT2D eigenvalue weighted by molar-refractivity contribution is -0.140. The summed E-state index contributed by atoms with van der Waals surface area (Å²) in [6.07, 6.45) is 0.658. The van der Waals surface area contributed by atoms with E-state index < -0.39 is 5.97 Å². The Morgan fingerprint density at radius 3 is 2.62 bits per heavy atom. The number of nitrogens with zero attached hydrogens (tertiary/aromatic N) is 4. The summed E-state index contributed by atoms with van der Waals surface area (Å²) in [7, 11) is 0. The zero-order chi connectivity index (χ0) is 22.1. The number of ether oxygens (including phenoxy) is 2. The van der Waals surface area contributed by atoms with E-state index in [-0.39, 0.29) is 6.61 Å². The third-order valence-corrected chi connectivity index (χ3v) is 5.19. The van der Waals surface area contributed by atoms with E-state index in [4.69, 9.17) is 19.4 Å². The fraction of sp³-hybridized carbons (Fsp3) is 0.160. The maximum atomic E-state index is 11.7. The maximum Gasteiger partial charge on any atom is 0.333 e. The molecule has 0 unspecified atom stereocenters. The lowest BCUT2D eigenvalue weighted by Crippen LogP contribution is -2.06. The highest BCUT2D eigenvalue weighted by atomic mass is 16.5. The van der Waals surface area contributed by atoms with Crippen molar-refractivity contribution in [3.05, 3.63) is 77.9 Å². The lowest BCUT2D eigenvalue weighted by Gasteiger charge is -2.13. The first kappa shape index (κ1) is 19.8. The van der Waals surface area contributed by atoms with Crippen molar-refractivity contribution >= 4 is 39.4 Å². The van der Waals surface area contributed by atoms with Crippen LogP contribution in [-0.2, 0) is 22.6 Å². The molecule has 0 amide bonds. The molecule has 5 rings (SSSR count). The van der Waals surface area contributed by atoms with Crippen LogP contribution in [0.2, 0.25) is 0 Å². The molecule has 7 nitrogen and oxygen atoms in total. The molecule has 32 heavy (non-hydrogen) atoms. The molecular formula is C25H20N4O3. The third kappa shape index (κ3) is 3.80. The minimum absolute atomic E-state index is 0.123. The number of carbonyl (C=O) groups is 1. The summed E-state index contributed by atoms with van der Waals surface area (Å²) in [4.78, 5) is 21.4. The number of hydrogen-bond donors (Lipinski definition) is 0. The van der Waals surface area contributed by atoms with Gasteiger partial charge in [0.1, 0.15) is 29.2 Å². The number of hydrogen-bond acceptors (Lipinski definition) is 7. The average Bonchev–Trinajstić information content (AvgIpc) is 2.79. The Balaban J connectivity index is 1.57. The summed E-state index contributed by atoms with van der Waals surface area (Å²) in [6, 6.07) is 17.1. The van der Waals surface area contributed by atoms with Gasteiger partial charge in [-0.05, 0) is 48.4 Å². The zero-order valence-corrected chi connectivity index (χ0v) is 17.5. The Hall–Kier alpha value is -4.13. The highest BCUT2D eigenvalue weighted by molar-refractivity contribution is 5.93. The largest absolute Gasteiger partial charge is 0.491 e. The quantitative estimate of drug-likeness (QED) is 0.237. The van der Waals surface area contributed by atoms with Crippen LogP contribution in [0, 0.1) is 0 Å². The number of rotatable bonds is 3. The number of aromatic nitrogens is 2. The number of esters is 1. The van der Waals surface area contributed by atoms with Gasteiger partial charge in [0.15, 0.2) is 0 Å². The van der Waals surface area contributed by atoms with Gasteiger partial charge < -0.3 is 9.47 Å². The van der Waals surface area contributed by atoms with Gasteiger partial charge in [0.2, 0.25) is 0 Å². The van der Waals surface area contributed by atoms with Crippen LogP contribution < -0.4 is 4.74 Å². The maximum absolute atomic E-state index is 11.7. The summed E-state index contributed by atoms with van der Waals surface area (Å²) in [6.45, 7) is 5.77. The molecule has 0 saturated carbocycles. The van der Waals surface area contributed by atoms with Crippen LogP contribution in [-0.4, -0.2) is 22.5 Å². The molecule has 0 radical (unpaired) electrons.